The first-order valence-corrected chi connectivity index (χ1v) is 6.37. The summed E-state index contributed by atoms with van der Waals surface area (Å²) in [6.07, 6.45) is 0. The molecule has 0 aliphatic carbocycles. The Kier molecular flexibility index (Phi) is 4.40. The molecule has 0 radical (unpaired) electrons. The second-order valence-electron chi connectivity index (χ2n) is 4.36. The molecule has 100 valence electrons. The van der Waals surface area contributed by atoms with Gasteiger partial charge in [-0.15, -0.1) is 0 Å². The van der Waals surface area contributed by atoms with Crippen molar-refractivity contribution >= 4 is 11.6 Å². The van der Waals surface area contributed by atoms with Crippen LogP contribution in [0.5, 0.6) is 5.75 Å². The molecule has 2 aromatic carbocycles. The number of hydrogen-bond donors (Lipinski definition) is 1. The number of ether oxygens (including phenoxy) is 1. The summed E-state index contributed by atoms with van der Waals surface area (Å²) in [4.78, 5) is 0. The number of benzene rings is 2. The normalized spacial score (nSPS) is 12.2. The van der Waals surface area contributed by atoms with Gasteiger partial charge in [0.15, 0.2) is 0 Å². The van der Waals surface area contributed by atoms with Crippen LogP contribution in [-0.4, -0.2) is 0 Å². The van der Waals surface area contributed by atoms with E-state index in [4.69, 9.17) is 22.1 Å². The second kappa shape index (κ2) is 6.04. The zero-order valence-corrected chi connectivity index (χ0v) is 11.3. The van der Waals surface area contributed by atoms with E-state index in [1.807, 2.05) is 31.2 Å². The molecule has 2 nitrogen and oxygen atoms in total. The molecule has 2 rings (SSSR count). The maximum Gasteiger partial charge on any atom is 0.141 e. The smallest absolute Gasteiger partial charge is 0.141 e. The predicted molar refractivity (Wildman–Crippen MR) is 74.8 cm³/mol. The van der Waals surface area contributed by atoms with Crippen molar-refractivity contribution in [1.82, 2.24) is 0 Å². The van der Waals surface area contributed by atoms with Crippen molar-refractivity contribution in [3.63, 3.8) is 0 Å². The van der Waals surface area contributed by atoms with Crippen molar-refractivity contribution in [3.05, 3.63) is 64.4 Å². The average molecular weight is 280 g/mol. The third kappa shape index (κ3) is 3.46. The van der Waals surface area contributed by atoms with E-state index in [9.17, 15) is 4.39 Å². The molecule has 2 aromatic rings. The molecule has 0 bridgehead atoms. The minimum Gasteiger partial charge on any atom is -0.489 e. The van der Waals surface area contributed by atoms with Gasteiger partial charge < -0.3 is 10.5 Å². The molecule has 0 fully saturated rings. The Balaban J connectivity index is 2.12. The molecule has 0 aromatic heterocycles. The van der Waals surface area contributed by atoms with Crippen molar-refractivity contribution in [2.75, 3.05) is 0 Å². The zero-order valence-electron chi connectivity index (χ0n) is 10.6. The van der Waals surface area contributed by atoms with Crippen molar-refractivity contribution in [3.8, 4) is 5.75 Å². The number of nitrogens with two attached hydrogens (primary N) is 1. The van der Waals surface area contributed by atoms with Gasteiger partial charge in [0, 0.05) is 11.6 Å². The first kappa shape index (κ1) is 13.8. The summed E-state index contributed by atoms with van der Waals surface area (Å²) in [5.74, 6) is 0.305. The van der Waals surface area contributed by atoms with E-state index < -0.39 is 5.82 Å². The highest BCUT2D eigenvalue weighted by Crippen LogP contribution is 2.24. The van der Waals surface area contributed by atoms with Gasteiger partial charge in [0.05, 0.1) is 5.02 Å². The highest BCUT2D eigenvalue weighted by Gasteiger charge is 2.08. The number of halogens is 2. The van der Waals surface area contributed by atoms with Gasteiger partial charge in [-0.05, 0) is 30.7 Å². The van der Waals surface area contributed by atoms with E-state index in [1.54, 1.807) is 12.1 Å². The Hall–Kier alpha value is -1.58. The zero-order chi connectivity index (χ0) is 13.8. The van der Waals surface area contributed by atoms with E-state index in [2.05, 4.69) is 0 Å². The average Bonchev–Trinajstić information content (AvgIpc) is 2.40. The fraction of sp³-hybridized carbons (Fsp3) is 0.200. The van der Waals surface area contributed by atoms with Gasteiger partial charge in [-0.2, -0.15) is 0 Å². The van der Waals surface area contributed by atoms with Crippen LogP contribution in [0, 0.1) is 5.82 Å². The fourth-order valence-electron chi connectivity index (χ4n) is 1.78. The molecule has 19 heavy (non-hydrogen) atoms. The molecule has 0 aliphatic rings. The van der Waals surface area contributed by atoms with Gasteiger partial charge in [0.1, 0.15) is 18.2 Å². The third-order valence-corrected chi connectivity index (χ3v) is 3.08. The molecule has 2 N–H and O–H groups in total. The Morgan fingerprint density at radius 1 is 1.26 bits per heavy atom. The van der Waals surface area contributed by atoms with Crippen LogP contribution in [0.15, 0.2) is 42.5 Å². The quantitative estimate of drug-likeness (QED) is 0.915. The molecule has 0 unspecified atom stereocenters. The lowest BCUT2D eigenvalue weighted by atomic mass is 10.1. The topological polar surface area (TPSA) is 35.2 Å². The first-order chi connectivity index (χ1) is 9.08. The molecule has 4 heteroatoms. The first-order valence-electron chi connectivity index (χ1n) is 5.99. The van der Waals surface area contributed by atoms with Crippen LogP contribution in [0.2, 0.25) is 5.02 Å². The number of para-hydroxylation sites is 1. The van der Waals surface area contributed by atoms with Crippen LogP contribution < -0.4 is 10.5 Å². The molecule has 0 heterocycles. The van der Waals surface area contributed by atoms with Crippen molar-refractivity contribution in [1.29, 1.82) is 0 Å². The molecule has 0 spiro atoms. The molecule has 0 saturated heterocycles. The van der Waals surface area contributed by atoms with Gasteiger partial charge in [-0.1, -0.05) is 35.9 Å². The molecular weight excluding hydrogens is 265 g/mol. The molecule has 0 saturated carbocycles. The van der Waals surface area contributed by atoms with Gasteiger partial charge in [-0.3, -0.25) is 0 Å². The SMILES string of the molecule is C[C@@H](N)c1ccccc1OCc1ccc(F)c(Cl)c1. The van der Waals surface area contributed by atoms with Crippen LogP contribution in [0.4, 0.5) is 4.39 Å². The van der Waals surface area contributed by atoms with Crippen LogP contribution in [0.3, 0.4) is 0 Å². The highest BCUT2D eigenvalue weighted by atomic mass is 35.5. The molecule has 1 atom stereocenters. The summed E-state index contributed by atoms with van der Waals surface area (Å²) >= 11 is 5.73. The standard InChI is InChI=1S/C15H15ClFNO/c1-10(18)12-4-2-3-5-15(12)19-9-11-6-7-14(17)13(16)8-11/h2-8,10H,9,18H2,1H3/t10-/m1/s1. The van der Waals surface area contributed by atoms with Crippen LogP contribution in [0.25, 0.3) is 0 Å². The molecule has 0 amide bonds. The van der Waals surface area contributed by atoms with E-state index in [0.717, 1.165) is 16.9 Å². The van der Waals surface area contributed by atoms with E-state index in [0.29, 0.717) is 6.61 Å². The maximum absolute atomic E-state index is 13.0. The summed E-state index contributed by atoms with van der Waals surface area (Å²) in [5, 5.41) is 0.0987. The van der Waals surface area contributed by atoms with Gasteiger partial charge in [-0.25, -0.2) is 4.39 Å². The van der Waals surface area contributed by atoms with Gasteiger partial charge in [0.2, 0.25) is 0 Å². The lowest BCUT2D eigenvalue weighted by molar-refractivity contribution is 0.301. The predicted octanol–water partition coefficient (Wildman–Crippen LogP) is 4.08. The number of hydrogen-bond acceptors (Lipinski definition) is 2. The number of rotatable bonds is 4. The van der Waals surface area contributed by atoms with E-state index in [-0.39, 0.29) is 11.1 Å². The van der Waals surface area contributed by atoms with Crippen molar-refractivity contribution < 1.29 is 9.13 Å². The van der Waals surface area contributed by atoms with E-state index in [1.165, 1.54) is 6.07 Å². The summed E-state index contributed by atoms with van der Waals surface area (Å²) in [5.41, 5.74) is 7.63. The minimum atomic E-state index is -0.429. The molecule has 0 aliphatic heterocycles. The Morgan fingerprint density at radius 2 is 2.00 bits per heavy atom. The highest BCUT2D eigenvalue weighted by molar-refractivity contribution is 6.30. The van der Waals surface area contributed by atoms with Crippen LogP contribution in [-0.2, 0) is 6.61 Å². The Bertz CT molecular complexity index is 572. The largest absolute Gasteiger partial charge is 0.489 e. The monoisotopic (exact) mass is 279 g/mol. The summed E-state index contributed by atoms with van der Waals surface area (Å²) in [6, 6.07) is 12.0. The lowest BCUT2D eigenvalue weighted by Gasteiger charge is -2.14. The minimum absolute atomic E-state index is 0.0987. The summed E-state index contributed by atoms with van der Waals surface area (Å²) in [6.45, 7) is 2.22. The van der Waals surface area contributed by atoms with Crippen molar-refractivity contribution in [2.45, 2.75) is 19.6 Å². The molecular formula is C15H15ClFNO. The lowest BCUT2D eigenvalue weighted by Crippen LogP contribution is -2.08. The van der Waals surface area contributed by atoms with Gasteiger partial charge in [0.25, 0.3) is 0 Å². The fourth-order valence-corrected chi connectivity index (χ4v) is 1.98. The summed E-state index contributed by atoms with van der Waals surface area (Å²) in [7, 11) is 0. The maximum atomic E-state index is 13.0. The third-order valence-electron chi connectivity index (χ3n) is 2.79. The van der Waals surface area contributed by atoms with Crippen molar-refractivity contribution in [2.24, 2.45) is 5.73 Å². The second-order valence-corrected chi connectivity index (χ2v) is 4.77. The van der Waals surface area contributed by atoms with Crippen LogP contribution in [0.1, 0.15) is 24.1 Å². The van der Waals surface area contributed by atoms with E-state index >= 15 is 0 Å². The van der Waals surface area contributed by atoms with Gasteiger partial charge >= 0.3 is 0 Å². The van der Waals surface area contributed by atoms with Crippen LogP contribution >= 0.6 is 11.6 Å². The Morgan fingerprint density at radius 3 is 2.68 bits per heavy atom. The Labute approximate surface area is 117 Å². The summed E-state index contributed by atoms with van der Waals surface area (Å²) < 4.78 is 18.8.